The number of para-hydroxylation sites is 1. The van der Waals surface area contributed by atoms with Crippen molar-refractivity contribution in [2.24, 2.45) is 5.92 Å². The molecule has 2 aliphatic rings. The summed E-state index contributed by atoms with van der Waals surface area (Å²) in [6.45, 7) is 4.05. The fourth-order valence-corrected chi connectivity index (χ4v) is 4.44. The quantitative estimate of drug-likeness (QED) is 0.841. The number of nitrogens with zero attached hydrogens (tertiary/aromatic N) is 3. The van der Waals surface area contributed by atoms with Crippen LogP contribution in [-0.4, -0.2) is 15.9 Å². The maximum Gasteiger partial charge on any atom is 0.139 e. The summed E-state index contributed by atoms with van der Waals surface area (Å²) in [5.41, 5.74) is 2.97. The van der Waals surface area contributed by atoms with E-state index in [9.17, 15) is 0 Å². The standard InChI is InChI=1S/C16H19N3S/c1-11-17-16(20-18-11)10-19-9-12-6-7-13(8-12)14-4-2-3-5-15(14)19/h2-5,12-13H,6-10H2,1H3. The van der Waals surface area contributed by atoms with Gasteiger partial charge in [-0.15, -0.1) is 0 Å². The van der Waals surface area contributed by atoms with Crippen molar-refractivity contribution in [3.63, 3.8) is 0 Å². The average molecular weight is 285 g/mol. The van der Waals surface area contributed by atoms with Crippen LogP contribution >= 0.6 is 11.5 Å². The summed E-state index contributed by atoms with van der Waals surface area (Å²) >= 11 is 1.54. The second-order valence-corrected chi connectivity index (χ2v) is 6.89. The SMILES string of the molecule is Cc1nsc(CN2CC3CCC(C3)c3ccccc32)n1. The Bertz CT molecular complexity index is 622. The molecule has 1 aliphatic heterocycles. The summed E-state index contributed by atoms with van der Waals surface area (Å²) < 4.78 is 4.31. The maximum absolute atomic E-state index is 4.54. The number of hydrogen-bond donors (Lipinski definition) is 0. The Morgan fingerprint density at radius 1 is 1.30 bits per heavy atom. The van der Waals surface area contributed by atoms with Gasteiger partial charge in [0, 0.05) is 12.2 Å². The molecule has 1 aliphatic carbocycles. The highest BCUT2D eigenvalue weighted by Gasteiger charge is 2.33. The van der Waals surface area contributed by atoms with Crippen LogP contribution < -0.4 is 4.90 Å². The predicted octanol–water partition coefficient (Wildman–Crippen LogP) is 3.75. The average Bonchev–Trinajstić information content (AvgIpc) is 3.03. The molecule has 0 spiro atoms. The first-order valence-corrected chi connectivity index (χ1v) is 8.20. The Morgan fingerprint density at radius 2 is 2.20 bits per heavy atom. The largest absolute Gasteiger partial charge is 0.364 e. The molecule has 1 fully saturated rings. The molecule has 0 amide bonds. The Kier molecular flexibility index (Phi) is 2.99. The van der Waals surface area contributed by atoms with E-state index in [-0.39, 0.29) is 0 Å². The van der Waals surface area contributed by atoms with Crippen molar-refractivity contribution in [3.05, 3.63) is 40.7 Å². The second kappa shape index (κ2) is 4.85. The molecule has 2 heterocycles. The van der Waals surface area contributed by atoms with E-state index in [2.05, 4.69) is 38.5 Å². The van der Waals surface area contributed by atoms with E-state index in [4.69, 9.17) is 0 Å². The van der Waals surface area contributed by atoms with Crippen LogP contribution in [0.1, 0.15) is 41.6 Å². The van der Waals surface area contributed by atoms with Crippen LogP contribution in [0.15, 0.2) is 24.3 Å². The minimum Gasteiger partial charge on any atom is -0.364 e. The summed E-state index contributed by atoms with van der Waals surface area (Å²) in [5, 5.41) is 1.13. The molecule has 20 heavy (non-hydrogen) atoms. The lowest BCUT2D eigenvalue weighted by Gasteiger charge is -2.28. The summed E-state index contributed by atoms with van der Waals surface area (Å²) in [5.74, 6) is 2.52. The van der Waals surface area contributed by atoms with Gasteiger partial charge >= 0.3 is 0 Å². The van der Waals surface area contributed by atoms with Gasteiger partial charge in [0.1, 0.15) is 10.8 Å². The number of aryl methyl sites for hydroxylation is 1. The van der Waals surface area contributed by atoms with Crippen LogP contribution in [-0.2, 0) is 6.54 Å². The van der Waals surface area contributed by atoms with Gasteiger partial charge < -0.3 is 4.90 Å². The molecular formula is C16H19N3S. The van der Waals surface area contributed by atoms with Gasteiger partial charge in [-0.05, 0) is 61.2 Å². The smallest absolute Gasteiger partial charge is 0.139 e. The first kappa shape index (κ1) is 12.3. The topological polar surface area (TPSA) is 29.0 Å². The Morgan fingerprint density at radius 3 is 3.05 bits per heavy atom. The highest BCUT2D eigenvalue weighted by molar-refractivity contribution is 7.05. The minimum absolute atomic E-state index is 0.775. The van der Waals surface area contributed by atoms with E-state index >= 15 is 0 Å². The molecule has 2 aromatic rings. The summed E-state index contributed by atoms with van der Waals surface area (Å²) in [7, 11) is 0. The minimum atomic E-state index is 0.775. The van der Waals surface area contributed by atoms with Gasteiger partial charge in [0.15, 0.2) is 0 Å². The predicted molar refractivity (Wildman–Crippen MR) is 82.2 cm³/mol. The Hall–Kier alpha value is -1.42. The molecule has 2 unspecified atom stereocenters. The van der Waals surface area contributed by atoms with Crippen molar-refractivity contribution >= 4 is 17.2 Å². The van der Waals surface area contributed by atoms with Gasteiger partial charge in [0.05, 0.1) is 6.54 Å². The fraction of sp³-hybridized carbons (Fsp3) is 0.500. The first-order chi connectivity index (χ1) is 9.79. The van der Waals surface area contributed by atoms with Crippen LogP contribution in [0.3, 0.4) is 0 Å². The fourth-order valence-electron chi connectivity index (χ4n) is 3.77. The molecule has 0 saturated heterocycles. The molecule has 1 saturated carbocycles. The summed E-state index contributed by atoms with van der Waals surface area (Å²) in [6, 6.07) is 8.96. The lowest BCUT2D eigenvalue weighted by molar-refractivity contribution is 0.532. The third kappa shape index (κ3) is 2.12. The summed E-state index contributed by atoms with van der Waals surface area (Å²) in [6.07, 6.45) is 4.11. The van der Waals surface area contributed by atoms with Gasteiger partial charge in [0.2, 0.25) is 0 Å². The van der Waals surface area contributed by atoms with Crippen molar-refractivity contribution in [3.8, 4) is 0 Å². The van der Waals surface area contributed by atoms with Crippen LogP contribution in [0.25, 0.3) is 0 Å². The normalized spacial score (nSPS) is 24.6. The van der Waals surface area contributed by atoms with E-state index in [1.807, 2.05) is 6.92 Å². The molecular weight excluding hydrogens is 266 g/mol. The van der Waals surface area contributed by atoms with Crippen LogP contribution in [0.2, 0.25) is 0 Å². The number of rotatable bonds is 2. The van der Waals surface area contributed by atoms with Gasteiger partial charge in [-0.2, -0.15) is 4.37 Å². The van der Waals surface area contributed by atoms with Gasteiger partial charge in [-0.1, -0.05) is 18.2 Å². The third-order valence-corrected chi connectivity index (χ3v) is 5.42. The van der Waals surface area contributed by atoms with Crippen molar-refractivity contribution in [2.45, 2.75) is 38.6 Å². The Balaban J connectivity index is 1.70. The monoisotopic (exact) mass is 285 g/mol. The number of aromatic nitrogens is 2. The van der Waals surface area contributed by atoms with E-state index in [0.29, 0.717) is 0 Å². The van der Waals surface area contributed by atoms with E-state index < -0.39 is 0 Å². The molecule has 4 rings (SSSR count). The molecule has 4 heteroatoms. The Labute approximate surface area is 123 Å². The zero-order valence-corrected chi connectivity index (χ0v) is 12.6. The first-order valence-electron chi connectivity index (χ1n) is 7.42. The molecule has 1 aromatic carbocycles. The number of anilines is 1. The van der Waals surface area contributed by atoms with E-state index in [0.717, 1.165) is 29.2 Å². The zero-order valence-electron chi connectivity index (χ0n) is 11.7. The highest BCUT2D eigenvalue weighted by atomic mass is 32.1. The number of fused-ring (bicyclic) bond motifs is 4. The second-order valence-electron chi connectivity index (χ2n) is 6.05. The van der Waals surface area contributed by atoms with E-state index in [1.165, 1.54) is 31.5 Å². The van der Waals surface area contributed by atoms with Gasteiger partial charge in [-0.25, -0.2) is 4.98 Å². The molecule has 2 bridgehead atoms. The van der Waals surface area contributed by atoms with Crippen molar-refractivity contribution < 1.29 is 0 Å². The molecule has 0 radical (unpaired) electrons. The maximum atomic E-state index is 4.54. The third-order valence-electron chi connectivity index (χ3n) is 4.63. The van der Waals surface area contributed by atoms with E-state index in [1.54, 1.807) is 17.1 Å². The highest BCUT2D eigenvalue weighted by Crippen LogP contribution is 2.45. The molecule has 1 aromatic heterocycles. The van der Waals surface area contributed by atoms with Crippen molar-refractivity contribution in [1.82, 2.24) is 9.36 Å². The van der Waals surface area contributed by atoms with Crippen molar-refractivity contribution in [2.75, 3.05) is 11.4 Å². The van der Waals surface area contributed by atoms with Crippen molar-refractivity contribution in [1.29, 1.82) is 0 Å². The molecule has 0 N–H and O–H groups in total. The number of hydrogen-bond acceptors (Lipinski definition) is 4. The van der Waals surface area contributed by atoms with Crippen LogP contribution in [0, 0.1) is 12.8 Å². The molecule has 2 atom stereocenters. The zero-order chi connectivity index (χ0) is 13.5. The lowest BCUT2D eigenvalue weighted by atomic mass is 9.96. The lowest BCUT2D eigenvalue weighted by Crippen LogP contribution is -2.28. The van der Waals surface area contributed by atoms with Gasteiger partial charge in [-0.3, -0.25) is 0 Å². The summed E-state index contributed by atoms with van der Waals surface area (Å²) in [4.78, 5) is 7.06. The molecule has 3 nitrogen and oxygen atoms in total. The van der Waals surface area contributed by atoms with Crippen LogP contribution in [0.4, 0.5) is 5.69 Å². The van der Waals surface area contributed by atoms with Crippen LogP contribution in [0.5, 0.6) is 0 Å². The number of benzene rings is 1. The molecule has 104 valence electrons. The van der Waals surface area contributed by atoms with Gasteiger partial charge in [0.25, 0.3) is 0 Å².